The Labute approximate surface area is 282 Å². The molecule has 11 rings (SSSR count). The third-order valence-electron chi connectivity index (χ3n) is 11.0. The first kappa shape index (κ1) is 26.9. The van der Waals surface area contributed by atoms with Gasteiger partial charge >= 0.3 is 0 Å². The monoisotopic (exact) mass is 626 g/mol. The van der Waals surface area contributed by atoms with Crippen molar-refractivity contribution >= 4 is 65.4 Å². The second kappa shape index (κ2) is 9.49. The van der Waals surface area contributed by atoms with Crippen LogP contribution < -0.4 is 0 Å². The van der Waals surface area contributed by atoms with Gasteiger partial charge in [0.2, 0.25) is 0 Å². The Morgan fingerprint density at radius 1 is 0.367 bits per heavy atom. The molecule has 2 heterocycles. The van der Waals surface area contributed by atoms with Crippen molar-refractivity contribution in [3.8, 4) is 33.4 Å². The molecule has 0 aliphatic heterocycles. The summed E-state index contributed by atoms with van der Waals surface area (Å²) in [7, 11) is 0. The molecule has 2 nitrogen and oxygen atoms in total. The summed E-state index contributed by atoms with van der Waals surface area (Å²) in [5, 5.41) is 9.58. The molecule has 8 aromatic carbocycles. The van der Waals surface area contributed by atoms with E-state index >= 15 is 0 Å². The first-order valence-electron chi connectivity index (χ1n) is 17.0. The first-order chi connectivity index (χ1) is 24.0. The van der Waals surface area contributed by atoms with E-state index in [4.69, 9.17) is 8.83 Å². The lowest BCUT2D eigenvalue weighted by Gasteiger charge is -2.22. The molecular weight excluding hydrogens is 597 g/mol. The minimum absolute atomic E-state index is 0.151. The van der Waals surface area contributed by atoms with Gasteiger partial charge in [-0.2, -0.15) is 0 Å². The molecule has 49 heavy (non-hydrogen) atoms. The topological polar surface area (TPSA) is 26.3 Å². The highest BCUT2D eigenvalue weighted by Crippen LogP contribution is 2.52. The highest BCUT2D eigenvalue weighted by Gasteiger charge is 2.36. The number of para-hydroxylation sites is 1. The summed E-state index contributed by atoms with van der Waals surface area (Å²) >= 11 is 0. The van der Waals surface area contributed by atoms with Crippen LogP contribution in [0.2, 0.25) is 0 Å². The van der Waals surface area contributed by atoms with Crippen molar-refractivity contribution in [2.24, 2.45) is 0 Å². The van der Waals surface area contributed by atoms with E-state index in [9.17, 15) is 0 Å². The fourth-order valence-corrected chi connectivity index (χ4v) is 8.57. The Hall–Kier alpha value is -6.12. The highest BCUT2D eigenvalue weighted by molar-refractivity contribution is 6.16. The summed E-state index contributed by atoms with van der Waals surface area (Å²) in [6.45, 7) is 4.74. The third kappa shape index (κ3) is 3.72. The minimum atomic E-state index is -0.151. The summed E-state index contributed by atoms with van der Waals surface area (Å²) in [6, 6.07) is 52.9. The quantitative estimate of drug-likeness (QED) is 0.191. The highest BCUT2D eigenvalue weighted by atomic mass is 16.3. The summed E-state index contributed by atoms with van der Waals surface area (Å²) < 4.78 is 12.6. The third-order valence-corrected chi connectivity index (χ3v) is 11.0. The molecular formula is C47H30O2. The Balaban J connectivity index is 1.08. The van der Waals surface area contributed by atoms with Crippen LogP contribution in [0.25, 0.3) is 98.8 Å². The molecule has 1 aliphatic carbocycles. The van der Waals surface area contributed by atoms with Crippen molar-refractivity contribution in [1.29, 1.82) is 0 Å². The van der Waals surface area contributed by atoms with Gasteiger partial charge in [0, 0.05) is 27.0 Å². The van der Waals surface area contributed by atoms with Gasteiger partial charge in [-0.3, -0.25) is 0 Å². The number of rotatable bonds is 2. The van der Waals surface area contributed by atoms with Crippen LogP contribution >= 0.6 is 0 Å². The van der Waals surface area contributed by atoms with Crippen LogP contribution in [0.4, 0.5) is 0 Å². The molecule has 0 atom stereocenters. The lowest BCUT2D eigenvalue weighted by Crippen LogP contribution is -2.15. The second-order valence-electron chi connectivity index (χ2n) is 14.1. The van der Waals surface area contributed by atoms with Crippen molar-refractivity contribution in [1.82, 2.24) is 0 Å². The first-order valence-corrected chi connectivity index (χ1v) is 17.0. The van der Waals surface area contributed by atoms with Crippen LogP contribution in [0.3, 0.4) is 0 Å². The van der Waals surface area contributed by atoms with Gasteiger partial charge in [0.15, 0.2) is 0 Å². The van der Waals surface area contributed by atoms with Gasteiger partial charge in [-0.15, -0.1) is 0 Å². The molecule has 0 amide bonds. The van der Waals surface area contributed by atoms with Crippen molar-refractivity contribution < 1.29 is 8.83 Å². The lowest BCUT2D eigenvalue weighted by atomic mass is 9.80. The SMILES string of the molecule is CC1(C)c2cc(-c3cccc4oc5cc6ccccc6cc5c34)ccc2-c2cc3c(-c4ccc5oc6ccccc6c5c4)cccc3cc21. The average molecular weight is 627 g/mol. The predicted molar refractivity (Wildman–Crippen MR) is 204 cm³/mol. The minimum Gasteiger partial charge on any atom is -0.456 e. The van der Waals surface area contributed by atoms with E-state index in [1.807, 2.05) is 12.1 Å². The molecule has 0 saturated carbocycles. The van der Waals surface area contributed by atoms with Gasteiger partial charge in [-0.25, -0.2) is 0 Å². The maximum atomic E-state index is 6.43. The number of hydrogen-bond acceptors (Lipinski definition) is 2. The molecule has 0 fully saturated rings. The Bertz CT molecular complexity index is 3020. The smallest absolute Gasteiger partial charge is 0.136 e. The van der Waals surface area contributed by atoms with E-state index in [2.05, 4.69) is 147 Å². The van der Waals surface area contributed by atoms with Crippen LogP contribution in [-0.2, 0) is 5.41 Å². The van der Waals surface area contributed by atoms with E-state index in [0.717, 1.165) is 38.5 Å². The van der Waals surface area contributed by atoms with Gasteiger partial charge in [-0.1, -0.05) is 105 Å². The van der Waals surface area contributed by atoms with Crippen LogP contribution in [0.15, 0.2) is 154 Å². The van der Waals surface area contributed by atoms with Crippen LogP contribution in [0.5, 0.6) is 0 Å². The normalized spacial score (nSPS) is 13.7. The summed E-state index contributed by atoms with van der Waals surface area (Å²) in [4.78, 5) is 0. The fraction of sp³-hybridized carbons (Fsp3) is 0.0638. The van der Waals surface area contributed by atoms with E-state index in [1.54, 1.807) is 0 Å². The molecule has 0 radical (unpaired) electrons. The number of fused-ring (bicyclic) bond motifs is 11. The molecule has 0 saturated heterocycles. The molecule has 0 spiro atoms. The van der Waals surface area contributed by atoms with Crippen LogP contribution in [-0.4, -0.2) is 0 Å². The number of benzene rings is 8. The fourth-order valence-electron chi connectivity index (χ4n) is 8.57. The van der Waals surface area contributed by atoms with E-state index in [0.29, 0.717) is 0 Å². The van der Waals surface area contributed by atoms with Crippen LogP contribution in [0, 0.1) is 0 Å². The Kier molecular flexibility index (Phi) is 5.21. The summed E-state index contributed by atoms with van der Waals surface area (Å²) in [5.41, 5.74) is 13.8. The summed E-state index contributed by atoms with van der Waals surface area (Å²) in [5.74, 6) is 0. The maximum Gasteiger partial charge on any atom is 0.136 e. The molecule has 0 unspecified atom stereocenters. The number of hydrogen-bond donors (Lipinski definition) is 0. The molecule has 230 valence electrons. The van der Waals surface area contributed by atoms with Crippen molar-refractivity contribution in [3.63, 3.8) is 0 Å². The standard InChI is InChI=1S/C47H30O2/c1-47(2)40-24-31(33-14-8-16-44-46(33)39-21-27-9-3-4-10-28(27)25-45(39)49-44)17-19-34(40)37-26-36-29(23-41(37)47)11-7-13-32(36)30-18-20-43-38(22-30)35-12-5-6-15-42(35)48-43/h3-26H,1-2H3. The second-order valence-corrected chi connectivity index (χ2v) is 14.1. The van der Waals surface area contributed by atoms with E-state index < -0.39 is 0 Å². The van der Waals surface area contributed by atoms with Gasteiger partial charge < -0.3 is 8.83 Å². The zero-order valence-corrected chi connectivity index (χ0v) is 27.2. The van der Waals surface area contributed by atoms with Crippen molar-refractivity contribution in [2.45, 2.75) is 19.3 Å². The van der Waals surface area contributed by atoms with E-state index in [1.165, 1.54) is 71.4 Å². The lowest BCUT2D eigenvalue weighted by molar-refractivity contribution is 0.661. The van der Waals surface area contributed by atoms with Crippen molar-refractivity contribution in [2.75, 3.05) is 0 Å². The Morgan fingerprint density at radius 3 is 1.96 bits per heavy atom. The van der Waals surface area contributed by atoms with Gasteiger partial charge in [-0.05, 0) is 121 Å². The Morgan fingerprint density at radius 2 is 1.04 bits per heavy atom. The zero-order valence-electron chi connectivity index (χ0n) is 27.2. The zero-order chi connectivity index (χ0) is 32.4. The number of furan rings is 2. The molecule has 2 aromatic heterocycles. The summed E-state index contributed by atoms with van der Waals surface area (Å²) in [6.07, 6.45) is 0. The van der Waals surface area contributed by atoms with Gasteiger partial charge in [0.05, 0.1) is 0 Å². The van der Waals surface area contributed by atoms with Gasteiger partial charge in [0.1, 0.15) is 22.3 Å². The molecule has 2 heteroatoms. The average Bonchev–Trinajstić information content (AvgIpc) is 3.76. The maximum absolute atomic E-state index is 6.43. The molecule has 1 aliphatic rings. The van der Waals surface area contributed by atoms with Crippen molar-refractivity contribution in [3.05, 3.63) is 157 Å². The molecule has 0 bridgehead atoms. The van der Waals surface area contributed by atoms with Crippen LogP contribution in [0.1, 0.15) is 25.0 Å². The largest absolute Gasteiger partial charge is 0.456 e. The molecule has 0 N–H and O–H groups in total. The molecule has 10 aromatic rings. The van der Waals surface area contributed by atoms with Gasteiger partial charge in [0.25, 0.3) is 0 Å². The van der Waals surface area contributed by atoms with E-state index in [-0.39, 0.29) is 5.41 Å². The predicted octanol–water partition coefficient (Wildman–Crippen LogP) is 13.4.